The number of hydrogen-bond acceptors (Lipinski definition) is 4. The molecular weight excluding hydrogens is 339 g/mol. The molecule has 5 rings (SSSR count). The van der Waals surface area contributed by atoms with Crippen LogP contribution in [-0.4, -0.2) is 50.9 Å². The van der Waals surface area contributed by atoms with Crippen molar-refractivity contribution in [1.29, 1.82) is 0 Å². The van der Waals surface area contributed by atoms with Crippen LogP contribution in [0.4, 0.5) is 14.9 Å². The van der Waals surface area contributed by atoms with Gasteiger partial charge in [-0.05, 0) is 44.6 Å². The first-order valence-corrected chi connectivity index (χ1v) is 9.06. The molecule has 140 valence electrons. The van der Waals surface area contributed by atoms with Gasteiger partial charge >= 0.3 is 6.09 Å². The van der Waals surface area contributed by atoms with Crippen LogP contribution in [0.25, 0.3) is 0 Å². The second-order valence-electron chi connectivity index (χ2n) is 7.78. The molecule has 3 aliphatic heterocycles. The second-order valence-corrected chi connectivity index (χ2v) is 7.78. The van der Waals surface area contributed by atoms with E-state index in [1.165, 1.54) is 17.0 Å². The highest BCUT2D eigenvalue weighted by atomic mass is 19.1. The molecule has 0 spiro atoms. The van der Waals surface area contributed by atoms with Crippen LogP contribution in [0.3, 0.4) is 0 Å². The Morgan fingerprint density at radius 2 is 2.04 bits per heavy atom. The highest BCUT2D eigenvalue weighted by Crippen LogP contribution is 2.57. The molecule has 2 bridgehead atoms. The van der Waals surface area contributed by atoms with Gasteiger partial charge in [0.05, 0.1) is 6.04 Å². The average Bonchev–Trinajstić information content (AvgIpc) is 3.25. The molecule has 0 unspecified atom stereocenters. The van der Waals surface area contributed by atoms with Crippen molar-refractivity contribution in [2.75, 3.05) is 13.1 Å². The van der Waals surface area contributed by atoms with Crippen molar-refractivity contribution in [2.24, 2.45) is 16.3 Å². The Balaban J connectivity index is 1.59. The fourth-order valence-corrected chi connectivity index (χ4v) is 4.76. The highest BCUT2D eigenvalue weighted by Gasteiger charge is 2.63. The van der Waals surface area contributed by atoms with Gasteiger partial charge in [0.15, 0.2) is 5.82 Å². The normalized spacial score (nSPS) is 31.5. The molecular formula is C18H23FN4O3. The fourth-order valence-electron chi connectivity index (χ4n) is 4.76. The first-order chi connectivity index (χ1) is 12.4. The largest absolute Gasteiger partial charge is 0.465 e. The van der Waals surface area contributed by atoms with Crippen molar-refractivity contribution in [3.05, 3.63) is 29.6 Å². The van der Waals surface area contributed by atoms with Gasteiger partial charge in [0.2, 0.25) is 0 Å². The lowest BCUT2D eigenvalue weighted by atomic mass is 9.72. The summed E-state index contributed by atoms with van der Waals surface area (Å²) in [6, 6.07) is 3.99. The van der Waals surface area contributed by atoms with E-state index in [-0.39, 0.29) is 17.2 Å². The van der Waals surface area contributed by atoms with E-state index >= 15 is 0 Å². The molecule has 1 aromatic rings. The topological polar surface area (TPSA) is 88.7 Å². The summed E-state index contributed by atoms with van der Waals surface area (Å²) in [7, 11) is 0. The summed E-state index contributed by atoms with van der Waals surface area (Å²) in [5.74, 6) is -0.581. The lowest BCUT2D eigenvalue weighted by Gasteiger charge is -2.37. The number of benzene rings is 1. The van der Waals surface area contributed by atoms with E-state index in [0.717, 1.165) is 25.9 Å². The molecule has 3 saturated heterocycles. The number of rotatable bonds is 4. The van der Waals surface area contributed by atoms with Crippen molar-refractivity contribution >= 4 is 11.8 Å². The lowest BCUT2D eigenvalue weighted by molar-refractivity contribution is 0.0499. The first-order valence-electron chi connectivity index (χ1n) is 9.06. The standard InChI is InChI=1S/C18H23FN4O3/c1-18-9-11(10-18)15(23(18)17(25)26)16(24)12-5-4-6-13(14(12)19)20-21-22-7-2-3-8-22/h4-6,11,15-16,24H,2-3,7-10H2,1H3,(H,25,26)/t11?,15-,16-,18?/m1/s1. The lowest BCUT2D eigenvalue weighted by Crippen LogP contribution is -2.47. The summed E-state index contributed by atoms with van der Waals surface area (Å²) < 4.78 is 14.9. The minimum Gasteiger partial charge on any atom is -0.465 e. The van der Waals surface area contributed by atoms with Crippen molar-refractivity contribution in [3.8, 4) is 0 Å². The molecule has 26 heavy (non-hydrogen) atoms. The number of aliphatic hydroxyl groups excluding tert-OH is 1. The number of carbonyl (C=O) groups is 1. The van der Waals surface area contributed by atoms with Gasteiger partial charge in [-0.3, -0.25) is 9.91 Å². The highest BCUT2D eigenvalue weighted by molar-refractivity contribution is 5.68. The molecule has 1 saturated carbocycles. The number of carboxylic acid groups (broad SMARTS) is 1. The van der Waals surface area contributed by atoms with Crippen LogP contribution in [0, 0.1) is 11.7 Å². The van der Waals surface area contributed by atoms with Crippen LogP contribution in [0.1, 0.15) is 44.3 Å². The number of halogens is 1. The molecule has 2 N–H and O–H groups in total. The zero-order chi connectivity index (χ0) is 18.5. The Bertz CT molecular complexity index is 744. The minimum absolute atomic E-state index is 0.0559. The summed E-state index contributed by atoms with van der Waals surface area (Å²) in [4.78, 5) is 13.0. The van der Waals surface area contributed by atoms with E-state index in [9.17, 15) is 19.4 Å². The van der Waals surface area contributed by atoms with Crippen LogP contribution in [-0.2, 0) is 0 Å². The fraction of sp³-hybridized carbons (Fsp3) is 0.611. The maximum absolute atomic E-state index is 14.9. The molecule has 3 heterocycles. The zero-order valence-electron chi connectivity index (χ0n) is 14.7. The smallest absolute Gasteiger partial charge is 0.408 e. The van der Waals surface area contributed by atoms with E-state index in [1.54, 1.807) is 11.1 Å². The van der Waals surface area contributed by atoms with E-state index in [2.05, 4.69) is 10.3 Å². The Kier molecular flexibility index (Phi) is 4.10. The Morgan fingerprint density at radius 3 is 2.69 bits per heavy atom. The summed E-state index contributed by atoms with van der Waals surface area (Å²) >= 11 is 0. The maximum atomic E-state index is 14.9. The Morgan fingerprint density at radius 1 is 1.35 bits per heavy atom. The molecule has 1 aromatic carbocycles. The van der Waals surface area contributed by atoms with Gasteiger partial charge in [0.25, 0.3) is 0 Å². The van der Waals surface area contributed by atoms with E-state index in [0.29, 0.717) is 12.8 Å². The molecule has 1 aliphatic carbocycles. The zero-order valence-corrected chi connectivity index (χ0v) is 14.7. The SMILES string of the molecule is CC12CC(C1)[C@H]([C@H](O)c1cccc(N=NN3CCCC3)c1F)N2C(=O)O. The number of aliphatic hydroxyl groups is 1. The van der Waals surface area contributed by atoms with Crippen LogP contribution >= 0.6 is 0 Å². The molecule has 0 radical (unpaired) electrons. The van der Waals surface area contributed by atoms with Crippen LogP contribution < -0.4 is 0 Å². The summed E-state index contributed by atoms with van der Waals surface area (Å²) in [6.45, 7) is 3.49. The van der Waals surface area contributed by atoms with Gasteiger partial charge in [-0.25, -0.2) is 9.18 Å². The van der Waals surface area contributed by atoms with Crippen LogP contribution in [0.15, 0.2) is 28.5 Å². The van der Waals surface area contributed by atoms with Crippen molar-refractivity contribution in [3.63, 3.8) is 0 Å². The van der Waals surface area contributed by atoms with Gasteiger partial charge in [0, 0.05) is 24.2 Å². The second kappa shape index (κ2) is 6.19. The third-order valence-electron chi connectivity index (χ3n) is 5.98. The van der Waals surface area contributed by atoms with Gasteiger partial charge in [0.1, 0.15) is 11.8 Å². The Labute approximate surface area is 151 Å². The number of nitrogens with zero attached hydrogens (tertiary/aromatic N) is 4. The monoisotopic (exact) mass is 362 g/mol. The molecule has 4 fully saturated rings. The molecule has 4 aliphatic rings. The van der Waals surface area contributed by atoms with E-state index in [1.807, 2.05) is 6.92 Å². The van der Waals surface area contributed by atoms with Crippen LogP contribution in [0.5, 0.6) is 0 Å². The Hall–Kier alpha value is -2.22. The molecule has 2 atom stereocenters. The van der Waals surface area contributed by atoms with Gasteiger partial charge in [-0.1, -0.05) is 17.4 Å². The minimum atomic E-state index is -1.22. The third kappa shape index (κ3) is 2.63. The summed E-state index contributed by atoms with van der Waals surface area (Å²) in [6.07, 6.45) is 1.22. The summed E-state index contributed by atoms with van der Waals surface area (Å²) in [5.41, 5.74) is -0.312. The van der Waals surface area contributed by atoms with E-state index in [4.69, 9.17) is 0 Å². The number of fused-ring (bicyclic) bond motifs is 1. The first kappa shape index (κ1) is 17.2. The third-order valence-corrected chi connectivity index (χ3v) is 5.98. The predicted molar refractivity (Wildman–Crippen MR) is 91.5 cm³/mol. The van der Waals surface area contributed by atoms with Crippen molar-refractivity contribution < 1.29 is 19.4 Å². The quantitative estimate of drug-likeness (QED) is 0.803. The molecule has 1 amide bonds. The average molecular weight is 362 g/mol. The predicted octanol–water partition coefficient (Wildman–Crippen LogP) is 3.48. The van der Waals surface area contributed by atoms with Crippen molar-refractivity contribution in [1.82, 2.24) is 9.91 Å². The maximum Gasteiger partial charge on any atom is 0.408 e. The number of hydrogen-bond donors (Lipinski definition) is 2. The van der Waals surface area contributed by atoms with E-state index < -0.39 is 29.6 Å². The molecule has 0 aromatic heterocycles. The molecule has 7 nitrogen and oxygen atoms in total. The summed E-state index contributed by atoms with van der Waals surface area (Å²) in [5, 5.41) is 30.2. The van der Waals surface area contributed by atoms with Gasteiger partial charge in [-0.2, -0.15) is 0 Å². The van der Waals surface area contributed by atoms with Gasteiger partial charge in [-0.15, -0.1) is 5.11 Å². The molecule has 8 heteroatoms. The number of amides is 1. The van der Waals surface area contributed by atoms with Crippen molar-refractivity contribution in [2.45, 2.75) is 50.3 Å². The van der Waals surface area contributed by atoms with Gasteiger partial charge < -0.3 is 10.2 Å². The van der Waals surface area contributed by atoms with Crippen LogP contribution in [0.2, 0.25) is 0 Å².